The molecule has 0 bridgehead atoms. The number of aryl methyl sites for hydroxylation is 1. The van der Waals surface area contributed by atoms with Gasteiger partial charge in [-0.3, -0.25) is 0 Å². The molecule has 126 valence electrons. The molecule has 0 unspecified atom stereocenters. The highest BCUT2D eigenvalue weighted by molar-refractivity contribution is 5.95. The highest BCUT2D eigenvalue weighted by Crippen LogP contribution is 2.20. The molecule has 0 spiro atoms. The summed E-state index contributed by atoms with van der Waals surface area (Å²) in [6.45, 7) is 2.69. The summed E-state index contributed by atoms with van der Waals surface area (Å²) in [6, 6.07) is 16.7. The number of rotatable bonds is 6. The van der Waals surface area contributed by atoms with Crippen LogP contribution in [0.1, 0.15) is 21.5 Å². The Labute approximate surface area is 145 Å². The van der Waals surface area contributed by atoms with E-state index in [-0.39, 0.29) is 5.56 Å². The number of carbonyl (C=O) groups is 1. The van der Waals surface area contributed by atoms with E-state index in [1.165, 1.54) is 11.9 Å². The van der Waals surface area contributed by atoms with Gasteiger partial charge in [0.05, 0.1) is 11.3 Å². The van der Waals surface area contributed by atoms with Gasteiger partial charge in [-0.25, -0.2) is 14.8 Å². The summed E-state index contributed by atoms with van der Waals surface area (Å²) in [5.74, 6) is 0.191. The van der Waals surface area contributed by atoms with E-state index in [1.807, 2.05) is 0 Å². The second-order valence-electron chi connectivity index (χ2n) is 5.60. The van der Waals surface area contributed by atoms with Gasteiger partial charge < -0.3 is 15.7 Å². The van der Waals surface area contributed by atoms with E-state index in [1.54, 1.807) is 30.3 Å². The fourth-order valence-corrected chi connectivity index (χ4v) is 2.34. The normalized spacial score (nSPS) is 10.3. The van der Waals surface area contributed by atoms with Gasteiger partial charge in [0.1, 0.15) is 18.0 Å². The van der Waals surface area contributed by atoms with Crippen LogP contribution in [0.15, 0.2) is 60.9 Å². The predicted octanol–water partition coefficient (Wildman–Crippen LogP) is 3.84. The summed E-state index contributed by atoms with van der Waals surface area (Å²) in [7, 11) is 0. The molecule has 3 rings (SSSR count). The number of benzene rings is 2. The smallest absolute Gasteiger partial charge is 0.337 e. The van der Waals surface area contributed by atoms with Crippen molar-refractivity contribution in [2.45, 2.75) is 13.5 Å². The van der Waals surface area contributed by atoms with Crippen LogP contribution in [0.4, 0.5) is 17.3 Å². The van der Waals surface area contributed by atoms with Crippen molar-refractivity contribution in [3.63, 3.8) is 0 Å². The average Bonchev–Trinajstić information content (AvgIpc) is 2.62. The highest BCUT2D eigenvalue weighted by atomic mass is 16.4. The van der Waals surface area contributed by atoms with Crippen molar-refractivity contribution < 1.29 is 9.90 Å². The molecule has 3 aromatic rings. The summed E-state index contributed by atoms with van der Waals surface area (Å²) < 4.78 is 0. The maximum absolute atomic E-state index is 11.3. The van der Waals surface area contributed by atoms with E-state index in [4.69, 9.17) is 0 Å². The van der Waals surface area contributed by atoms with Gasteiger partial charge in [-0.1, -0.05) is 42.0 Å². The van der Waals surface area contributed by atoms with Crippen molar-refractivity contribution in [2.24, 2.45) is 0 Å². The van der Waals surface area contributed by atoms with Crippen molar-refractivity contribution in [2.75, 3.05) is 10.6 Å². The number of anilines is 3. The summed E-state index contributed by atoms with van der Waals surface area (Å²) in [6.07, 6.45) is 1.43. The predicted molar refractivity (Wildman–Crippen MR) is 97.2 cm³/mol. The maximum atomic E-state index is 11.3. The molecule has 0 aliphatic rings. The van der Waals surface area contributed by atoms with Gasteiger partial charge in [0.25, 0.3) is 0 Å². The van der Waals surface area contributed by atoms with Crippen molar-refractivity contribution >= 4 is 23.3 Å². The lowest BCUT2D eigenvalue weighted by Crippen LogP contribution is -2.05. The Morgan fingerprint density at radius 2 is 1.76 bits per heavy atom. The Morgan fingerprint density at radius 3 is 2.52 bits per heavy atom. The van der Waals surface area contributed by atoms with Crippen LogP contribution in [0.5, 0.6) is 0 Å². The van der Waals surface area contributed by atoms with Crippen molar-refractivity contribution in [1.82, 2.24) is 9.97 Å². The molecule has 0 saturated carbocycles. The van der Waals surface area contributed by atoms with Crippen LogP contribution >= 0.6 is 0 Å². The number of aromatic carboxylic acids is 1. The molecule has 0 atom stereocenters. The number of para-hydroxylation sites is 1. The molecule has 6 nitrogen and oxygen atoms in total. The zero-order chi connectivity index (χ0) is 17.6. The lowest BCUT2D eigenvalue weighted by Gasteiger charge is -2.10. The maximum Gasteiger partial charge on any atom is 0.337 e. The van der Waals surface area contributed by atoms with Crippen LogP contribution in [0, 0.1) is 6.92 Å². The van der Waals surface area contributed by atoms with Crippen LogP contribution in [-0.4, -0.2) is 21.0 Å². The molecule has 6 heteroatoms. The van der Waals surface area contributed by atoms with Crippen molar-refractivity contribution in [1.29, 1.82) is 0 Å². The number of nitrogens with one attached hydrogen (secondary N) is 2. The van der Waals surface area contributed by atoms with Crippen molar-refractivity contribution in [3.8, 4) is 0 Å². The fourth-order valence-electron chi connectivity index (χ4n) is 2.34. The number of carboxylic acid groups (broad SMARTS) is 1. The van der Waals surface area contributed by atoms with E-state index in [0.29, 0.717) is 23.9 Å². The minimum absolute atomic E-state index is 0.190. The summed E-state index contributed by atoms with van der Waals surface area (Å²) in [5, 5.41) is 15.5. The summed E-state index contributed by atoms with van der Waals surface area (Å²) >= 11 is 0. The summed E-state index contributed by atoms with van der Waals surface area (Å²) in [5.41, 5.74) is 3.04. The van der Waals surface area contributed by atoms with Gasteiger partial charge >= 0.3 is 5.97 Å². The van der Waals surface area contributed by atoms with Gasteiger partial charge in [0, 0.05) is 12.6 Å². The molecule has 0 aliphatic carbocycles. The van der Waals surface area contributed by atoms with Crippen LogP contribution in [0.25, 0.3) is 0 Å². The molecule has 3 N–H and O–H groups in total. The quantitative estimate of drug-likeness (QED) is 0.635. The van der Waals surface area contributed by atoms with Gasteiger partial charge in [0.15, 0.2) is 0 Å². The average molecular weight is 334 g/mol. The van der Waals surface area contributed by atoms with E-state index in [2.05, 4.69) is 51.8 Å². The third-order valence-corrected chi connectivity index (χ3v) is 3.68. The van der Waals surface area contributed by atoms with E-state index in [0.717, 1.165) is 5.56 Å². The fraction of sp³-hybridized carbons (Fsp3) is 0.105. The second kappa shape index (κ2) is 7.44. The molecule has 25 heavy (non-hydrogen) atoms. The van der Waals surface area contributed by atoms with Gasteiger partial charge in [-0.05, 0) is 24.6 Å². The summed E-state index contributed by atoms with van der Waals surface area (Å²) in [4.78, 5) is 19.6. The van der Waals surface area contributed by atoms with Crippen LogP contribution in [0.2, 0.25) is 0 Å². The monoisotopic (exact) mass is 334 g/mol. The zero-order valence-electron chi connectivity index (χ0n) is 13.7. The number of aromatic nitrogens is 2. The molecule has 1 heterocycles. The zero-order valence-corrected chi connectivity index (χ0v) is 13.7. The number of hydrogen-bond donors (Lipinski definition) is 3. The molecule has 2 aromatic carbocycles. The Kier molecular flexibility index (Phi) is 4.89. The lowest BCUT2D eigenvalue weighted by atomic mass is 10.1. The van der Waals surface area contributed by atoms with Crippen LogP contribution in [0.3, 0.4) is 0 Å². The van der Waals surface area contributed by atoms with Crippen molar-refractivity contribution in [3.05, 3.63) is 77.6 Å². The number of carboxylic acids is 1. The molecule has 0 amide bonds. The first kappa shape index (κ1) is 16.4. The first-order chi connectivity index (χ1) is 12.1. The first-order valence-electron chi connectivity index (χ1n) is 7.82. The Hall–Kier alpha value is -3.41. The standard InChI is InChI=1S/C19H18N4O2/c1-13-6-8-14(9-7-13)11-20-17-10-18(22-12-21-17)23-16-5-3-2-4-15(16)19(24)25/h2-10,12H,11H2,1H3,(H,24,25)(H2,20,21,22,23). The first-order valence-corrected chi connectivity index (χ1v) is 7.82. The van der Waals surface area contributed by atoms with Crippen LogP contribution in [-0.2, 0) is 6.54 Å². The SMILES string of the molecule is Cc1ccc(CNc2cc(Nc3ccccc3C(=O)O)ncn2)cc1. The molecule has 0 radical (unpaired) electrons. The Balaban J connectivity index is 1.71. The van der Waals surface area contributed by atoms with E-state index in [9.17, 15) is 9.90 Å². The number of hydrogen-bond acceptors (Lipinski definition) is 5. The molecule has 0 saturated heterocycles. The molecule has 0 aliphatic heterocycles. The molecular weight excluding hydrogens is 316 g/mol. The lowest BCUT2D eigenvalue weighted by molar-refractivity contribution is 0.0698. The number of nitrogens with zero attached hydrogens (tertiary/aromatic N) is 2. The highest BCUT2D eigenvalue weighted by Gasteiger charge is 2.09. The molecule has 1 aromatic heterocycles. The van der Waals surface area contributed by atoms with E-state index < -0.39 is 5.97 Å². The van der Waals surface area contributed by atoms with Gasteiger partial charge in [-0.2, -0.15) is 0 Å². The topological polar surface area (TPSA) is 87.1 Å². The second-order valence-corrected chi connectivity index (χ2v) is 5.60. The van der Waals surface area contributed by atoms with Gasteiger partial charge in [-0.15, -0.1) is 0 Å². The Morgan fingerprint density at radius 1 is 1.04 bits per heavy atom. The third kappa shape index (κ3) is 4.32. The van der Waals surface area contributed by atoms with E-state index >= 15 is 0 Å². The minimum atomic E-state index is -0.991. The largest absolute Gasteiger partial charge is 0.478 e. The Bertz CT molecular complexity index is 879. The third-order valence-electron chi connectivity index (χ3n) is 3.68. The van der Waals surface area contributed by atoms with Gasteiger partial charge in [0.2, 0.25) is 0 Å². The minimum Gasteiger partial charge on any atom is -0.478 e. The molecular formula is C19H18N4O2. The van der Waals surface area contributed by atoms with Crippen LogP contribution < -0.4 is 10.6 Å². The molecule has 0 fully saturated rings.